The molecule has 11 heavy (non-hydrogen) atoms. The Morgan fingerprint density at radius 1 is 1.09 bits per heavy atom. The summed E-state index contributed by atoms with van der Waals surface area (Å²) in [5.74, 6) is 0. The summed E-state index contributed by atoms with van der Waals surface area (Å²) in [6, 6.07) is 0. The van der Waals surface area contributed by atoms with E-state index >= 15 is 0 Å². The molecule has 0 radical (unpaired) electrons. The zero-order valence-electron chi connectivity index (χ0n) is 8.52. The van der Waals surface area contributed by atoms with E-state index in [1.165, 1.54) is 0 Å². The van der Waals surface area contributed by atoms with Crippen LogP contribution < -0.4 is 0 Å². The monoisotopic (exact) mass is 174 g/mol. The lowest BCUT2D eigenvalue weighted by Crippen LogP contribution is -2.39. The molecule has 68 valence electrons. The molecule has 2 unspecified atom stereocenters. The average Bonchev–Trinajstić information content (AvgIpc) is 2.01. The van der Waals surface area contributed by atoms with Gasteiger partial charge in [0.1, 0.15) is 0 Å². The molecule has 0 aromatic carbocycles. The first-order valence-electron chi connectivity index (χ1n) is 4.69. The van der Waals surface area contributed by atoms with Gasteiger partial charge in [0.25, 0.3) is 0 Å². The van der Waals surface area contributed by atoms with Gasteiger partial charge < -0.3 is 4.80 Å². The van der Waals surface area contributed by atoms with E-state index in [-0.39, 0.29) is 0 Å². The molecule has 0 aromatic rings. The van der Waals surface area contributed by atoms with Gasteiger partial charge in [0.2, 0.25) is 0 Å². The molecule has 0 spiro atoms. The maximum Gasteiger partial charge on any atom is 0.191 e. The van der Waals surface area contributed by atoms with Crippen LogP contribution in [0.2, 0.25) is 17.6 Å². The standard InChI is InChI=1S/C9H22OSi/c1-6-8(3)11(5,10)9(4)7-2/h8-10H,6-7H2,1-5H3. The van der Waals surface area contributed by atoms with Crippen molar-refractivity contribution >= 4 is 8.32 Å². The van der Waals surface area contributed by atoms with Crippen LogP contribution in [0.3, 0.4) is 0 Å². The Labute approximate surface area is 72.0 Å². The minimum atomic E-state index is -1.91. The van der Waals surface area contributed by atoms with E-state index in [1.54, 1.807) is 0 Å². The van der Waals surface area contributed by atoms with E-state index in [2.05, 4.69) is 34.2 Å². The smallest absolute Gasteiger partial charge is 0.191 e. The molecule has 0 saturated heterocycles. The van der Waals surface area contributed by atoms with Crippen LogP contribution in [0, 0.1) is 0 Å². The fourth-order valence-corrected chi connectivity index (χ4v) is 3.94. The molecule has 0 amide bonds. The zero-order chi connectivity index (χ0) is 9.07. The van der Waals surface area contributed by atoms with E-state index in [0.29, 0.717) is 11.1 Å². The van der Waals surface area contributed by atoms with Crippen LogP contribution in [0.5, 0.6) is 0 Å². The molecular weight excluding hydrogens is 152 g/mol. The average molecular weight is 174 g/mol. The quantitative estimate of drug-likeness (QED) is 0.649. The number of hydrogen-bond donors (Lipinski definition) is 1. The van der Waals surface area contributed by atoms with Crippen molar-refractivity contribution in [1.82, 2.24) is 0 Å². The van der Waals surface area contributed by atoms with Gasteiger partial charge in [-0.1, -0.05) is 40.5 Å². The topological polar surface area (TPSA) is 20.2 Å². The van der Waals surface area contributed by atoms with Crippen LogP contribution >= 0.6 is 0 Å². The van der Waals surface area contributed by atoms with Gasteiger partial charge in [0.05, 0.1) is 0 Å². The Kier molecular flexibility index (Phi) is 4.33. The van der Waals surface area contributed by atoms with Gasteiger partial charge in [0, 0.05) is 0 Å². The van der Waals surface area contributed by atoms with Crippen molar-refractivity contribution in [3.05, 3.63) is 0 Å². The molecule has 0 fully saturated rings. The fourth-order valence-electron chi connectivity index (χ4n) is 1.31. The second-order valence-corrected chi connectivity index (χ2v) is 8.27. The van der Waals surface area contributed by atoms with Crippen LogP contribution in [0.25, 0.3) is 0 Å². The summed E-state index contributed by atoms with van der Waals surface area (Å²) in [7, 11) is -1.91. The molecule has 0 aliphatic heterocycles. The first kappa shape index (κ1) is 11.2. The van der Waals surface area contributed by atoms with Gasteiger partial charge >= 0.3 is 0 Å². The SMILES string of the molecule is CCC(C)[Si](C)(O)C(C)CC. The molecule has 1 nitrogen and oxygen atoms in total. The Hall–Kier alpha value is 0.177. The van der Waals surface area contributed by atoms with Crippen LogP contribution in [0.4, 0.5) is 0 Å². The van der Waals surface area contributed by atoms with Crippen molar-refractivity contribution in [3.8, 4) is 0 Å². The Morgan fingerprint density at radius 2 is 1.36 bits per heavy atom. The molecule has 2 heteroatoms. The predicted octanol–water partition coefficient (Wildman–Crippen LogP) is 3.15. The molecule has 0 aromatic heterocycles. The first-order valence-corrected chi connectivity index (χ1v) is 7.29. The van der Waals surface area contributed by atoms with Crippen molar-refractivity contribution in [3.63, 3.8) is 0 Å². The van der Waals surface area contributed by atoms with Crippen LogP contribution in [-0.4, -0.2) is 13.1 Å². The highest BCUT2D eigenvalue weighted by atomic mass is 28.4. The minimum absolute atomic E-state index is 0.539. The summed E-state index contributed by atoms with van der Waals surface area (Å²) in [6.07, 6.45) is 2.23. The molecule has 0 saturated carbocycles. The van der Waals surface area contributed by atoms with E-state index < -0.39 is 8.32 Å². The molecule has 0 aliphatic rings. The minimum Gasteiger partial charge on any atom is -0.431 e. The highest BCUT2D eigenvalue weighted by Crippen LogP contribution is 2.34. The summed E-state index contributed by atoms with van der Waals surface area (Å²) in [4.78, 5) is 10.2. The molecule has 2 atom stereocenters. The summed E-state index contributed by atoms with van der Waals surface area (Å²) in [5.41, 5.74) is 1.08. The first-order chi connectivity index (χ1) is 4.96. The Morgan fingerprint density at radius 3 is 1.55 bits per heavy atom. The normalized spacial score (nSPS) is 22.4. The highest BCUT2D eigenvalue weighted by molar-refractivity contribution is 6.73. The highest BCUT2D eigenvalue weighted by Gasteiger charge is 2.35. The summed E-state index contributed by atoms with van der Waals surface area (Å²) in [5, 5.41) is 0. The number of rotatable bonds is 4. The lowest BCUT2D eigenvalue weighted by molar-refractivity contribution is 0.483. The summed E-state index contributed by atoms with van der Waals surface area (Å²) >= 11 is 0. The van der Waals surface area contributed by atoms with E-state index in [9.17, 15) is 4.80 Å². The largest absolute Gasteiger partial charge is 0.431 e. The molecular formula is C9H22OSi. The van der Waals surface area contributed by atoms with E-state index in [0.717, 1.165) is 12.8 Å². The third-order valence-electron chi connectivity index (χ3n) is 3.22. The van der Waals surface area contributed by atoms with Gasteiger partial charge in [-0.05, 0) is 17.6 Å². The molecule has 0 aliphatic carbocycles. The third-order valence-corrected chi connectivity index (χ3v) is 8.03. The van der Waals surface area contributed by atoms with Gasteiger partial charge in [-0.2, -0.15) is 0 Å². The van der Waals surface area contributed by atoms with Crippen LogP contribution in [0.15, 0.2) is 0 Å². The lowest BCUT2D eigenvalue weighted by atomic mass is 10.3. The van der Waals surface area contributed by atoms with E-state index in [4.69, 9.17) is 0 Å². The number of hydrogen-bond acceptors (Lipinski definition) is 1. The maximum absolute atomic E-state index is 10.2. The molecule has 0 heterocycles. The second kappa shape index (κ2) is 4.26. The van der Waals surface area contributed by atoms with Crippen molar-refractivity contribution in [1.29, 1.82) is 0 Å². The Bertz CT molecular complexity index is 100. The molecule has 1 N–H and O–H groups in total. The second-order valence-electron chi connectivity index (χ2n) is 3.84. The van der Waals surface area contributed by atoms with Crippen molar-refractivity contribution in [2.45, 2.75) is 58.2 Å². The van der Waals surface area contributed by atoms with Crippen LogP contribution in [0.1, 0.15) is 40.5 Å². The van der Waals surface area contributed by atoms with Crippen LogP contribution in [-0.2, 0) is 0 Å². The van der Waals surface area contributed by atoms with Crippen molar-refractivity contribution in [2.24, 2.45) is 0 Å². The van der Waals surface area contributed by atoms with Gasteiger partial charge in [-0.25, -0.2) is 0 Å². The molecule has 0 rings (SSSR count). The molecule has 0 bridgehead atoms. The predicted molar refractivity (Wildman–Crippen MR) is 53.3 cm³/mol. The van der Waals surface area contributed by atoms with Gasteiger partial charge in [-0.15, -0.1) is 0 Å². The van der Waals surface area contributed by atoms with Gasteiger partial charge in [-0.3, -0.25) is 0 Å². The summed E-state index contributed by atoms with van der Waals surface area (Å²) < 4.78 is 0. The Balaban J connectivity index is 4.18. The lowest BCUT2D eigenvalue weighted by Gasteiger charge is -2.32. The zero-order valence-corrected chi connectivity index (χ0v) is 9.52. The maximum atomic E-state index is 10.2. The van der Waals surface area contributed by atoms with E-state index in [1.807, 2.05) is 0 Å². The third kappa shape index (κ3) is 2.60. The fraction of sp³-hybridized carbons (Fsp3) is 1.00. The summed E-state index contributed by atoms with van der Waals surface area (Å²) in [6.45, 7) is 10.8. The van der Waals surface area contributed by atoms with Crippen molar-refractivity contribution < 1.29 is 4.80 Å². The van der Waals surface area contributed by atoms with Gasteiger partial charge in [0.15, 0.2) is 8.32 Å². The van der Waals surface area contributed by atoms with Crippen molar-refractivity contribution in [2.75, 3.05) is 0 Å².